The first-order valence-electron chi connectivity index (χ1n) is 2.04. The van der Waals surface area contributed by atoms with Crippen LogP contribution in [0.25, 0.3) is 0 Å². The van der Waals surface area contributed by atoms with Crippen molar-refractivity contribution in [2.24, 2.45) is 0 Å². The zero-order valence-electron chi connectivity index (χ0n) is 3.99. The van der Waals surface area contributed by atoms with Gasteiger partial charge in [0, 0.05) is 5.70 Å². The zero-order chi connectivity index (χ0) is 5.28. The summed E-state index contributed by atoms with van der Waals surface area (Å²) in [5.41, 5.74) is 1.10. The Morgan fingerprint density at radius 2 is 2.57 bits per heavy atom. The number of allylic oxidation sites excluding steroid dienone is 1. The number of halogens is 1. The van der Waals surface area contributed by atoms with Gasteiger partial charge in [0.25, 0.3) is 0 Å². The van der Waals surface area contributed by atoms with Gasteiger partial charge in [-0.25, -0.2) is 0 Å². The highest BCUT2D eigenvalue weighted by Crippen LogP contribution is 2.26. The average Bonchev–Trinajstić information content (AvgIpc) is 1.91. The molecule has 0 aromatic carbocycles. The van der Waals surface area contributed by atoms with Gasteiger partial charge < -0.3 is 5.32 Å². The highest BCUT2D eigenvalue weighted by Gasteiger charge is 2.05. The minimum absolute atomic E-state index is 0.903. The molecule has 0 spiro atoms. The average molecular weight is 136 g/mol. The van der Waals surface area contributed by atoms with Crippen LogP contribution < -0.4 is 5.32 Å². The van der Waals surface area contributed by atoms with Gasteiger partial charge in [0.1, 0.15) is 0 Å². The molecule has 1 nitrogen and oxygen atoms in total. The molecule has 0 radical (unpaired) electrons. The van der Waals surface area contributed by atoms with E-state index in [0.717, 1.165) is 15.9 Å². The van der Waals surface area contributed by atoms with Crippen molar-refractivity contribution >= 4 is 23.4 Å². The lowest BCUT2D eigenvalue weighted by atomic mass is 10.6. The van der Waals surface area contributed by atoms with E-state index < -0.39 is 0 Å². The molecule has 40 valence electrons. The molecular weight excluding hydrogens is 130 g/mol. The summed E-state index contributed by atoms with van der Waals surface area (Å²) in [6.45, 7) is 1.97. The summed E-state index contributed by atoms with van der Waals surface area (Å²) in [7, 11) is 0. The predicted molar refractivity (Wildman–Crippen MR) is 34.1 cm³/mol. The van der Waals surface area contributed by atoms with Crippen molar-refractivity contribution in [2.45, 2.75) is 6.92 Å². The van der Waals surface area contributed by atoms with Crippen molar-refractivity contribution in [1.29, 1.82) is 0 Å². The van der Waals surface area contributed by atoms with Gasteiger partial charge in [0.2, 0.25) is 0 Å². The maximum absolute atomic E-state index is 5.64. The summed E-state index contributed by atoms with van der Waals surface area (Å²) in [4.78, 5) is 0. The number of hydrogen-bond acceptors (Lipinski definition) is 2. The van der Waals surface area contributed by atoms with Crippen LogP contribution in [0.5, 0.6) is 0 Å². The van der Waals surface area contributed by atoms with Gasteiger partial charge in [-0.2, -0.15) is 0 Å². The van der Waals surface area contributed by atoms with E-state index in [1.807, 2.05) is 6.92 Å². The predicted octanol–water partition coefficient (Wildman–Crippen LogP) is 1.71. The van der Waals surface area contributed by atoms with Gasteiger partial charge >= 0.3 is 0 Å². The molecule has 1 rings (SSSR count). The minimum Gasteiger partial charge on any atom is -0.378 e. The lowest BCUT2D eigenvalue weighted by molar-refractivity contribution is 0.981. The van der Waals surface area contributed by atoms with E-state index in [-0.39, 0.29) is 0 Å². The molecule has 0 unspecified atom stereocenters. The second-order valence-electron chi connectivity index (χ2n) is 1.36. The smallest absolute Gasteiger partial charge is 0.0939 e. The van der Waals surface area contributed by atoms with Crippen molar-refractivity contribution in [2.75, 3.05) is 5.88 Å². The third kappa shape index (κ3) is 1.04. The fourth-order valence-electron chi connectivity index (χ4n) is 0.385. The van der Waals surface area contributed by atoms with Crippen LogP contribution in [0.1, 0.15) is 6.92 Å². The maximum Gasteiger partial charge on any atom is 0.0939 e. The molecule has 0 bridgehead atoms. The van der Waals surface area contributed by atoms with Crippen LogP contribution in [0.3, 0.4) is 0 Å². The van der Waals surface area contributed by atoms with Gasteiger partial charge in [0.05, 0.1) is 10.2 Å². The van der Waals surface area contributed by atoms with E-state index in [1.165, 1.54) is 0 Å². The molecule has 0 atom stereocenters. The van der Waals surface area contributed by atoms with Crippen LogP contribution in [-0.4, -0.2) is 5.88 Å². The Labute approximate surface area is 52.1 Å². The Morgan fingerprint density at radius 1 is 1.86 bits per heavy atom. The van der Waals surface area contributed by atoms with E-state index >= 15 is 0 Å². The summed E-state index contributed by atoms with van der Waals surface area (Å²) in [5.74, 6) is 0.935. The molecule has 0 aromatic rings. The van der Waals surface area contributed by atoms with Crippen LogP contribution in [0.15, 0.2) is 10.1 Å². The zero-order valence-corrected chi connectivity index (χ0v) is 5.57. The molecule has 1 aliphatic heterocycles. The summed E-state index contributed by atoms with van der Waals surface area (Å²) in [6.07, 6.45) is 0. The van der Waals surface area contributed by atoms with E-state index in [0.29, 0.717) is 0 Å². The van der Waals surface area contributed by atoms with Crippen LogP contribution in [0.4, 0.5) is 0 Å². The molecule has 7 heavy (non-hydrogen) atoms. The Hall–Kier alpha value is 0.180. The number of hydrogen-bond donors (Lipinski definition) is 1. The number of rotatable bonds is 0. The SMILES string of the molecule is CC1=C(Cl)SCN1. The molecule has 0 aliphatic carbocycles. The third-order valence-corrected chi connectivity index (χ3v) is 2.29. The van der Waals surface area contributed by atoms with Gasteiger partial charge in [-0.15, -0.1) is 0 Å². The van der Waals surface area contributed by atoms with Crippen LogP contribution >= 0.6 is 23.4 Å². The molecule has 0 amide bonds. The molecule has 1 aliphatic rings. The largest absolute Gasteiger partial charge is 0.378 e. The van der Waals surface area contributed by atoms with Gasteiger partial charge in [0.15, 0.2) is 0 Å². The maximum atomic E-state index is 5.64. The van der Waals surface area contributed by atoms with Gasteiger partial charge in [-0.05, 0) is 6.92 Å². The first-order chi connectivity index (χ1) is 3.30. The first kappa shape index (κ1) is 5.32. The summed E-state index contributed by atoms with van der Waals surface area (Å²) in [5, 5.41) is 3.08. The molecule has 1 heterocycles. The minimum atomic E-state index is 0.903. The Balaban J connectivity index is 2.64. The van der Waals surface area contributed by atoms with Crippen molar-refractivity contribution in [3.63, 3.8) is 0 Å². The number of nitrogens with one attached hydrogen (secondary N) is 1. The van der Waals surface area contributed by atoms with Crippen molar-refractivity contribution in [1.82, 2.24) is 5.32 Å². The fraction of sp³-hybridized carbons (Fsp3) is 0.500. The summed E-state index contributed by atoms with van der Waals surface area (Å²) >= 11 is 7.28. The highest BCUT2D eigenvalue weighted by atomic mass is 35.5. The molecule has 0 fully saturated rings. The van der Waals surface area contributed by atoms with Crippen LogP contribution in [-0.2, 0) is 0 Å². The molecule has 3 heteroatoms. The Bertz CT molecular complexity index is 98.3. The quantitative estimate of drug-likeness (QED) is 0.543. The highest BCUT2D eigenvalue weighted by molar-refractivity contribution is 8.04. The van der Waals surface area contributed by atoms with E-state index in [2.05, 4.69) is 5.32 Å². The normalized spacial score (nSPS) is 20.3. The van der Waals surface area contributed by atoms with E-state index in [1.54, 1.807) is 11.8 Å². The molecule has 0 saturated heterocycles. The third-order valence-electron chi connectivity index (χ3n) is 0.831. The van der Waals surface area contributed by atoms with Crippen molar-refractivity contribution in [3.05, 3.63) is 10.1 Å². The lowest BCUT2D eigenvalue weighted by Crippen LogP contribution is -2.01. The monoisotopic (exact) mass is 135 g/mol. The number of thioether (sulfide) groups is 1. The molecule has 0 aromatic heterocycles. The molecular formula is C4H6ClNS. The van der Waals surface area contributed by atoms with Crippen molar-refractivity contribution < 1.29 is 0 Å². The van der Waals surface area contributed by atoms with Gasteiger partial charge in [-0.1, -0.05) is 23.4 Å². The van der Waals surface area contributed by atoms with Crippen molar-refractivity contribution in [3.8, 4) is 0 Å². The lowest BCUT2D eigenvalue weighted by Gasteiger charge is -1.88. The van der Waals surface area contributed by atoms with E-state index in [4.69, 9.17) is 11.6 Å². The topological polar surface area (TPSA) is 12.0 Å². The standard InChI is InChI=1S/C4H6ClNS/c1-3-4(5)7-2-6-3/h6H,2H2,1H3. The molecule has 1 N–H and O–H groups in total. The Kier molecular flexibility index (Phi) is 1.50. The summed E-state index contributed by atoms with van der Waals surface area (Å²) in [6, 6.07) is 0. The second-order valence-corrected chi connectivity index (χ2v) is 2.95. The second kappa shape index (κ2) is 1.97. The Morgan fingerprint density at radius 3 is 2.71 bits per heavy atom. The molecule has 0 saturated carbocycles. The first-order valence-corrected chi connectivity index (χ1v) is 3.40. The van der Waals surface area contributed by atoms with Gasteiger partial charge in [-0.3, -0.25) is 0 Å². The van der Waals surface area contributed by atoms with Crippen LogP contribution in [0.2, 0.25) is 0 Å². The summed E-state index contributed by atoms with van der Waals surface area (Å²) < 4.78 is 0.903. The fourth-order valence-corrected chi connectivity index (χ4v) is 1.32. The van der Waals surface area contributed by atoms with E-state index in [9.17, 15) is 0 Å². The van der Waals surface area contributed by atoms with Crippen LogP contribution in [0, 0.1) is 0 Å².